The fourth-order valence-corrected chi connectivity index (χ4v) is 3.77. The zero-order valence-corrected chi connectivity index (χ0v) is 18.1. The summed E-state index contributed by atoms with van der Waals surface area (Å²) >= 11 is 6.02. The highest BCUT2D eigenvalue weighted by atomic mass is 35.5. The third kappa shape index (κ3) is 4.16. The van der Waals surface area contributed by atoms with Crippen LogP contribution in [0.5, 0.6) is 0 Å². The molecule has 0 atom stereocenters. The lowest BCUT2D eigenvalue weighted by molar-refractivity contribution is 0.0476. The number of aromatic amines is 1. The van der Waals surface area contributed by atoms with Gasteiger partial charge in [0.05, 0.1) is 5.69 Å². The highest BCUT2D eigenvalue weighted by molar-refractivity contribution is 6.30. The van der Waals surface area contributed by atoms with Crippen molar-refractivity contribution in [3.8, 4) is 16.9 Å². The molecular weight excluding hydrogens is 438 g/mol. The van der Waals surface area contributed by atoms with E-state index in [2.05, 4.69) is 10.1 Å². The van der Waals surface area contributed by atoms with Gasteiger partial charge in [-0.05, 0) is 30.3 Å². The number of nitrogens with one attached hydrogen (secondary N) is 1. The van der Waals surface area contributed by atoms with Gasteiger partial charge in [0.15, 0.2) is 6.61 Å². The highest BCUT2D eigenvalue weighted by Gasteiger charge is 2.22. The zero-order chi connectivity index (χ0) is 22.8. The monoisotopic (exact) mass is 455 g/mol. The molecule has 5 rings (SSSR count). The molecule has 5 aromatic rings. The van der Waals surface area contributed by atoms with Crippen molar-refractivity contribution in [3.63, 3.8) is 0 Å². The smallest absolute Gasteiger partial charge is 0.342 e. The van der Waals surface area contributed by atoms with Crippen LogP contribution < -0.4 is 0 Å². The molecule has 2 aromatic heterocycles. The number of ether oxygens (including phenoxy) is 1. The molecule has 0 aliphatic rings. The molecular formula is C26H18ClN3O3. The average molecular weight is 456 g/mol. The molecule has 33 heavy (non-hydrogen) atoms. The normalized spacial score (nSPS) is 10.9. The minimum absolute atomic E-state index is 0.257. The van der Waals surface area contributed by atoms with Gasteiger partial charge in [0, 0.05) is 39.4 Å². The van der Waals surface area contributed by atoms with Crippen LogP contribution >= 0.6 is 11.6 Å². The van der Waals surface area contributed by atoms with Crippen LogP contribution in [0.3, 0.4) is 0 Å². The summed E-state index contributed by atoms with van der Waals surface area (Å²) < 4.78 is 7.03. The van der Waals surface area contributed by atoms with Crippen molar-refractivity contribution < 1.29 is 14.3 Å². The SMILES string of the molecule is O=C(OCC(=O)c1c[nH]c2ccccc12)c1cn(-c2ccccc2)nc1-c1ccc(Cl)cc1. The van der Waals surface area contributed by atoms with Crippen molar-refractivity contribution in [1.29, 1.82) is 0 Å². The first-order valence-corrected chi connectivity index (χ1v) is 10.7. The Kier molecular flexibility index (Phi) is 5.50. The summed E-state index contributed by atoms with van der Waals surface area (Å²) in [5, 5.41) is 5.97. The van der Waals surface area contributed by atoms with Gasteiger partial charge in [0.1, 0.15) is 11.3 Å². The van der Waals surface area contributed by atoms with Crippen molar-refractivity contribution in [1.82, 2.24) is 14.8 Å². The summed E-state index contributed by atoms with van der Waals surface area (Å²) in [4.78, 5) is 28.8. The van der Waals surface area contributed by atoms with Crippen LogP contribution in [-0.4, -0.2) is 33.1 Å². The molecule has 1 N–H and O–H groups in total. The number of fused-ring (bicyclic) bond motifs is 1. The standard InChI is InChI=1S/C26H18ClN3O3/c27-18-12-10-17(11-13-18)25-22(15-30(29-25)19-6-2-1-3-7-19)26(32)33-16-24(31)21-14-28-23-9-5-4-8-20(21)23/h1-15,28H,16H2. The number of hydrogen-bond acceptors (Lipinski definition) is 4. The minimum Gasteiger partial charge on any atom is -0.454 e. The average Bonchev–Trinajstić information content (AvgIpc) is 3.49. The molecule has 0 spiro atoms. The number of rotatable bonds is 6. The van der Waals surface area contributed by atoms with Crippen LogP contribution in [0, 0.1) is 0 Å². The molecule has 0 unspecified atom stereocenters. The Hall–Kier alpha value is -4.16. The van der Waals surface area contributed by atoms with Crippen LogP contribution in [0.1, 0.15) is 20.7 Å². The third-order valence-corrected chi connectivity index (χ3v) is 5.55. The summed E-state index contributed by atoms with van der Waals surface area (Å²) in [5.74, 6) is -0.917. The first-order chi connectivity index (χ1) is 16.1. The number of para-hydroxylation sites is 2. The second-order valence-electron chi connectivity index (χ2n) is 7.43. The number of carbonyl (C=O) groups excluding carboxylic acids is 2. The molecule has 0 fully saturated rings. The van der Waals surface area contributed by atoms with Gasteiger partial charge in [-0.3, -0.25) is 4.79 Å². The van der Waals surface area contributed by atoms with Crippen molar-refractivity contribution in [3.05, 3.63) is 107 Å². The summed E-state index contributed by atoms with van der Waals surface area (Å²) in [6.07, 6.45) is 3.24. The lowest BCUT2D eigenvalue weighted by Crippen LogP contribution is -2.14. The van der Waals surface area contributed by atoms with E-state index in [1.54, 1.807) is 41.3 Å². The number of carbonyl (C=O) groups is 2. The summed E-state index contributed by atoms with van der Waals surface area (Å²) in [6, 6.07) is 23.9. The summed E-state index contributed by atoms with van der Waals surface area (Å²) in [6.45, 7) is -0.378. The molecule has 162 valence electrons. The third-order valence-electron chi connectivity index (χ3n) is 5.30. The maximum atomic E-state index is 13.0. The number of nitrogens with zero attached hydrogens (tertiary/aromatic N) is 2. The number of ketones is 1. The number of aromatic nitrogens is 3. The van der Waals surface area contributed by atoms with Crippen molar-refractivity contribution in [2.45, 2.75) is 0 Å². The quantitative estimate of drug-likeness (QED) is 0.262. The predicted molar refractivity (Wildman–Crippen MR) is 127 cm³/mol. The Morgan fingerprint density at radius 2 is 1.64 bits per heavy atom. The van der Waals surface area contributed by atoms with E-state index in [0.717, 1.165) is 16.6 Å². The molecule has 0 saturated carbocycles. The van der Waals surface area contributed by atoms with Crippen LogP contribution in [0.2, 0.25) is 5.02 Å². The summed E-state index contributed by atoms with van der Waals surface area (Å²) in [5.41, 5.74) is 3.54. The Labute approximate surface area is 194 Å². The Morgan fingerprint density at radius 1 is 0.909 bits per heavy atom. The van der Waals surface area contributed by atoms with Gasteiger partial charge in [-0.25, -0.2) is 9.48 Å². The molecule has 0 aliphatic carbocycles. The van der Waals surface area contributed by atoms with E-state index in [4.69, 9.17) is 16.3 Å². The van der Waals surface area contributed by atoms with Crippen molar-refractivity contribution >= 4 is 34.3 Å². The fourth-order valence-electron chi connectivity index (χ4n) is 3.65. The van der Waals surface area contributed by atoms with E-state index in [1.165, 1.54) is 0 Å². The largest absolute Gasteiger partial charge is 0.454 e. The zero-order valence-electron chi connectivity index (χ0n) is 17.4. The first-order valence-electron chi connectivity index (χ1n) is 10.3. The van der Waals surface area contributed by atoms with Gasteiger partial charge >= 0.3 is 5.97 Å². The first kappa shape index (κ1) is 20.7. The molecule has 0 bridgehead atoms. The van der Waals surface area contributed by atoms with Crippen LogP contribution in [0.25, 0.3) is 27.8 Å². The van der Waals surface area contributed by atoms with Crippen LogP contribution in [0.4, 0.5) is 0 Å². The van der Waals surface area contributed by atoms with Crippen LogP contribution in [-0.2, 0) is 4.74 Å². The number of Topliss-reactive ketones (excluding diaryl/α,β-unsaturated/α-hetero) is 1. The van der Waals surface area contributed by atoms with Gasteiger partial charge < -0.3 is 9.72 Å². The topological polar surface area (TPSA) is 77.0 Å². The number of benzene rings is 3. The van der Waals surface area contributed by atoms with Crippen LogP contribution in [0.15, 0.2) is 91.3 Å². The molecule has 0 aliphatic heterocycles. The molecule has 0 amide bonds. The van der Waals surface area contributed by atoms with Crippen molar-refractivity contribution in [2.24, 2.45) is 0 Å². The predicted octanol–water partition coefficient (Wildman–Crippen LogP) is 5.71. The Bertz CT molecular complexity index is 1450. The van der Waals surface area contributed by atoms with Gasteiger partial charge in [-0.15, -0.1) is 0 Å². The van der Waals surface area contributed by atoms with E-state index < -0.39 is 5.97 Å². The van der Waals surface area contributed by atoms with Gasteiger partial charge in [-0.2, -0.15) is 5.10 Å². The number of hydrogen-bond donors (Lipinski definition) is 1. The number of halogens is 1. The Morgan fingerprint density at radius 3 is 2.42 bits per heavy atom. The molecule has 2 heterocycles. The van der Waals surface area contributed by atoms with E-state index in [0.29, 0.717) is 21.8 Å². The minimum atomic E-state index is -0.629. The molecule has 7 heteroatoms. The maximum absolute atomic E-state index is 13.0. The Balaban J connectivity index is 1.43. The maximum Gasteiger partial charge on any atom is 0.342 e. The summed E-state index contributed by atoms with van der Waals surface area (Å²) in [7, 11) is 0. The highest BCUT2D eigenvalue weighted by Crippen LogP contribution is 2.26. The van der Waals surface area contributed by atoms with Gasteiger partial charge in [0.25, 0.3) is 0 Å². The van der Waals surface area contributed by atoms with E-state index in [-0.39, 0.29) is 18.0 Å². The van der Waals surface area contributed by atoms with E-state index in [9.17, 15) is 9.59 Å². The molecule has 6 nitrogen and oxygen atoms in total. The van der Waals surface area contributed by atoms with Crippen molar-refractivity contribution in [2.75, 3.05) is 6.61 Å². The number of esters is 1. The lowest BCUT2D eigenvalue weighted by Gasteiger charge is -2.05. The molecule has 0 radical (unpaired) electrons. The van der Waals surface area contributed by atoms with E-state index >= 15 is 0 Å². The lowest BCUT2D eigenvalue weighted by atomic mass is 10.1. The molecule has 3 aromatic carbocycles. The fraction of sp³-hybridized carbons (Fsp3) is 0.0385. The van der Waals surface area contributed by atoms with E-state index in [1.807, 2.05) is 54.6 Å². The van der Waals surface area contributed by atoms with Gasteiger partial charge in [0.2, 0.25) is 5.78 Å². The number of H-pyrrole nitrogens is 1. The second kappa shape index (κ2) is 8.76. The molecule has 0 saturated heterocycles. The van der Waals surface area contributed by atoms with Gasteiger partial charge in [-0.1, -0.05) is 60.1 Å². The second-order valence-corrected chi connectivity index (χ2v) is 7.86.